The molecule has 0 spiro atoms. The largest absolute Gasteiger partial charge is 0.467 e. The molecule has 0 bridgehead atoms. The fourth-order valence-electron chi connectivity index (χ4n) is 1.46. The van der Waals surface area contributed by atoms with Crippen molar-refractivity contribution >= 4 is 17.8 Å². The van der Waals surface area contributed by atoms with Crippen LogP contribution >= 0.6 is 0 Å². The van der Waals surface area contributed by atoms with Gasteiger partial charge < -0.3 is 14.6 Å². The van der Waals surface area contributed by atoms with Gasteiger partial charge in [0.05, 0.1) is 19.0 Å². The molecule has 9 heteroatoms. The molecule has 0 aliphatic carbocycles. The van der Waals surface area contributed by atoms with E-state index in [4.69, 9.17) is 4.42 Å². The number of nitrogens with zero attached hydrogens (tertiary/aromatic N) is 4. The first kappa shape index (κ1) is 14.6. The molecule has 21 heavy (non-hydrogen) atoms. The van der Waals surface area contributed by atoms with Crippen molar-refractivity contribution in [2.24, 2.45) is 0 Å². The molecular formula is C12H16N6O3. The zero-order valence-corrected chi connectivity index (χ0v) is 11.7. The number of hydrogen-bond donors (Lipinski definition) is 2. The van der Waals surface area contributed by atoms with Crippen LogP contribution in [0.15, 0.2) is 29.0 Å². The Balaban J connectivity index is 1.81. The van der Waals surface area contributed by atoms with Gasteiger partial charge in [-0.3, -0.25) is 10.1 Å². The first-order valence-corrected chi connectivity index (χ1v) is 6.22. The monoisotopic (exact) mass is 292 g/mol. The summed E-state index contributed by atoms with van der Waals surface area (Å²) in [5.74, 6) is 0.718. The van der Waals surface area contributed by atoms with E-state index in [9.17, 15) is 9.59 Å². The number of carbonyl (C=O) groups is 2. The van der Waals surface area contributed by atoms with Crippen molar-refractivity contribution in [3.8, 4) is 0 Å². The lowest BCUT2D eigenvalue weighted by Crippen LogP contribution is -2.27. The van der Waals surface area contributed by atoms with E-state index in [0.29, 0.717) is 12.3 Å². The predicted molar refractivity (Wildman–Crippen MR) is 73.3 cm³/mol. The molecule has 2 aromatic rings. The number of urea groups is 1. The van der Waals surface area contributed by atoms with E-state index < -0.39 is 0 Å². The predicted octanol–water partition coefficient (Wildman–Crippen LogP) is 0.281. The third-order valence-corrected chi connectivity index (χ3v) is 2.53. The minimum absolute atomic E-state index is 0.00550. The Morgan fingerprint density at radius 1 is 1.43 bits per heavy atom. The Kier molecular flexibility index (Phi) is 4.54. The number of rotatable bonds is 5. The van der Waals surface area contributed by atoms with Crippen LogP contribution in [0.25, 0.3) is 0 Å². The number of carbonyl (C=O) groups excluding carboxylic acids is 2. The summed E-state index contributed by atoms with van der Waals surface area (Å²) in [4.78, 5) is 24.5. The molecule has 0 unspecified atom stereocenters. The van der Waals surface area contributed by atoms with E-state index in [2.05, 4.69) is 20.9 Å². The number of anilines is 1. The Bertz CT molecular complexity index is 604. The SMILES string of the molecule is CN(C)C(=O)Nc1cn(CC(=O)NCc2ccco2)nn1. The minimum Gasteiger partial charge on any atom is -0.467 e. The topological polar surface area (TPSA) is 105 Å². The summed E-state index contributed by atoms with van der Waals surface area (Å²) < 4.78 is 6.44. The highest BCUT2D eigenvalue weighted by Crippen LogP contribution is 2.01. The van der Waals surface area contributed by atoms with Crippen LogP contribution in [0.2, 0.25) is 0 Å². The maximum Gasteiger partial charge on any atom is 0.322 e. The lowest BCUT2D eigenvalue weighted by molar-refractivity contribution is -0.122. The first-order valence-electron chi connectivity index (χ1n) is 6.22. The van der Waals surface area contributed by atoms with E-state index in [1.165, 1.54) is 15.8 Å². The lowest BCUT2D eigenvalue weighted by atomic mass is 10.4. The second kappa shape index (κ2) is 6.55. The summed E-state index contributed by atoms with van der Waals surface area (Å²) in [6.07, 6.45) is 3.02. The van der Waals surface area contributed by atoms with Crippen molar-refractivity contribution in [1.82, 2.24) is 25.2 Å². The van der Waals surface area contributed by atoms with Gasteiger partial charge in [-0.25, -0.2) is 9.48 Å². The molecule has 2 heterocycles. The van der Waals surface area contributed by atoms with Gasteiger partial charge in [0.2, 0.25) is 5.91 Å². The third-order valence-electron chi connectivity index (χ3n) is 2.53. The number of hydrogen-bond acceptors (Lipinski definition) is 5. The highest BCUT2D eigenvalue weighted by atomic mass is 16.3. The van der Waals surface area contributed by atoms with E-state index in [-0.39, 0.29) is 24.3 Å². The number of amides is 3. The van der Waals surface area contributed by atoms with Crippen molar-refractivity contribution in [1.29, 1.82) is 0 Å². The fraction of sp³-hybridized carbons (Fsp3) is 0.333. The number of furan rings is 1. The second-order valence-electron chi connectivity index (χ2n) is 4.48. The average Bonchev–Trinajstić information content (AvgIpc) is 3.08. The lowest BCUT2D eigenvalue weighted by Gasteiger charge is -2.08. The Hall–Kier alpha value is -2.84. The maximum absolute atomic E-state index is 11.7. The van der Waals surface area contributed by atoms with Crippen LogP contribution < -0.4 is 10.6 Å². The van der Waals surface area contributed by atoms with Crippen molar-refractivity contribution in [3.63, 3.8) is 0 Å². The van der Waals surface area contributed by atoms with Gasteiger partial charge in [-0.1, -0.05) is 5.21 Å². The highest BCUT2D eigenvalue weighted by Gasteiger charge is 2.09. The molecule has 2 rings (SSSR count). The average molecular weight is 292 g/mol. The van der Waals surface area contributed by atoms with Crippen molar-refractivity contribution in [2.45, 2.75) is 13.1 Å². The molecule has 9 nitrogen and oxygen atoms in total. The molecule has 3 amide bonds. The summed E-state index contributed by atoms with van der Waals surface area (Å²) in [6.45, 7) is 0.316. The van der Waals surface area contributed by atoms with Crippen LogP contribution in [-0.4, -0.2) is 45.9 Å². The third kappa shape index (κ3) is 4.34. The molecule has 0 saturated heterocycles. The number of nitrogens with one attached hydrogen (secondary N) is 2. The van der Waals surface area contributed by atoms with Crippen LogP contribution in [-0.2, 0) is 17.9 Å². The van der Waals surface area contributed by atoms with Gasteiger partial charge in [0, 0.05) is 14.1 Å². The molecule has 0 aliphatic rings. The standard InChI is InChI=1S/C12H16N6O3/c1-17(2)12(20)14-10-7-18(16-15-10)8-11(19)13-6-9-4-3-5-21-9/h3-5,7H,6,8H2,1-2H3,(H,13,19)(H,14,20). The molecule has 2 aromatic heterocycles. The van der Waals surface area contributed by atoms with Crippen LogP contribution in [0, 0.1) is 0 Å². The van der Waals surface area contributed by atoms with E-state index in [1.807, 2.05) is 0 Å². The zero-order valence-electron chi connectivity index (χ0n) is 11.7. The highest BCUT2D eigenvalue weighted by molar-refractivity contribution is 5.87. The first-order chi connectivity index (χ1) is 10.0. The van der Waals surface area contributed by atoms with Gasteiger partial charge in [0.25, 0.3) is 0 Å². The molecule has 2 N–H and O–H groups in total. The smallest absolute Gasteiger partial charge is 0.322 e. The minimum atomic E-state index is -0.315. The molecule has 0 saturated carbocycles. The van der Waals surface area contributed by atoms with Crippen LogP contribution in [0.5, 0.6) is 0 Å². The summed E-state index contributed by atoms with van der Waals surface area (Å²) in [7, 11) is 3.23. The number of aromatic nitrogens is 3. The Labute approximate surface area is 120 Å². The van der Waals surface area contributed by atoms with Gasteiger partial charge in [-0.05, 0) is 12.1 Å². The normalized spacial score (nSPS) is 10.2. The summed E-state index contributed by atoms with van der Waals surface area (Å²) >= 11 is 0. The second-order valence-corrected chi connectivity index (χ2v) is 4.48. The Morgan fingerprint density at radius 2 is 2.24 bits per heavy atom. The molecule has 0 aromatic carbocycles. The molecule has 0 fully saturated rings. The van der Waals surface area contributed by atoms with Gasteiger partial charge in [-0.2, -0.15) is 0 Å². The van der Waals surface area contributed by atoms with Gasteiger partial charge in [-0.15, -0.1) is 5.10 Å². The van der Waals surface area contributed by atoms with Crippen molar-refractivity contribution in [2.75, 3.05) is 19.4 Å². The quantitative estimate of drug-likeness (QED) is 0.823. The summed E-state index contributed by atoms with van der Waals surface area (Å²) in [6, 6.07) is 3.20. The van der Waals surface area contributed by atoms with Crippen molar-refractivity contribution < 1.29 is 14.0 Å². The molecule has 0 radical (unpaired) electrons. The maximum atomic E-state index is 11.7. The van der Waals surface area contributed by atoms with E-state index in [0.717, 1.165) is 0 Å². The van der Waals surface area contributed by atoms with Crippen LogP contribution in [0.4, 0.5) is 10.6 Å². The fourth-order valence-corrected chi connectivity index (χ4v) is 1.46. The van der Waals surface area contributed by atoms with E-state index >= 15 is 0 Å². The van der Waals surface area contributed by atoms with Gasteiger partial charge in [0.1, 0.15) is 12.3 Å². The summed E-state index contributed by atoms with van der Waals surface area (Å²) in [5.41, 5.74) is 0. The van der Waals surface area contributed by atoms with Crippen LogP contribution in [0.3, 0.4) is 0 Å². The Morgan fingerprint density at radius 3 is 2.90 bits per heavy atom. The van der Waals surface area contributed by atoms with Gasteiger partial charge in [0.15, 0.2) is 5.82 Å². The molecule has 0 aliphatic heterocycles. The molecular weight excluding hydrogens is 276 g/mol. The summed E-state index contributed by atoms with van der Waals surface area (Å²) in [5, 5.41) is 12.7. The van der Waals surface area contributed by atoms with Gasteiger partial charge >= 0.3 is 6.03 Å². The molecule has 0 atom stereocenters. The zero-order chi connectivity index (χ0) is 15.2. The van der Waals surface area contributed by atoms with E-state index in [1.54, 1.807) is 32.5 Å². The molecule has 112 valence electrons. The van der Waals surface area contributed by atoms with Crippen molar-refractivity contribution in [3.05, 3.63) is 30.4 Å². The van der Waals surface area contributed by atoms with Crippen LogP contribution in [0.1, 0.15) is 5.76 Å².